The zero-order valence-corrected chi connectivity index (χ0v) is 12.8. The number of benzene rings is 1. The van der Waals surface area contributed by atoms with Gasteiger partial charge in [0.1, 0.15) is 0 Å². The minimum Gasteiger partial charge on any atom is -0.375 e. The Labute approximate surface area is 125 Å². The highest BCUT2D eigenvalue weighted by Gasteiger charge is 2.06. The van der Waals surface area contributed by atoms with Crippen molar-refractivity contribution in [3.8, 4) is 0 Å². The number of aryl methyl sites for hydroxylation is 2. The Kier molecular flexibility index (Phi) is 6.96. The van der Waals surface area contributed by atoms with E-state index in [1.165, 1.54) is 0 Å². The monoisotopic (exact) mass is 299 g/mol. The van der Waals surface area contributed by atoms with Crippen molar-refractivity contribution in [1.29, 1.82) is 0 Å². The van der Waals surface area contributed by atoms with Crippen LogP contribution in [0.4, 0.5) is 0 Å². The van der Waals surface area contributed by atoms with Gasteiger partial charge in [0.25, 0.3) is 0 Å². The number of carbonyl (C=O) groups is 1. The van der Waals surface area contributed by atoms with Crippen molar-refractivity contribution in [2.45, 2.75) is 13.8 Å². The highest BCUT2D eigenvalue weighted by molar-refractivity contribution is 6.18. The van der Waals surface area contributed by atoms with E-state index in [9.17, 15) is 4.79 Å². The van der Waals surface area contributed by atoms with Crippen LogP contribution in [0.3, 0.4) is 0 Å². The Morgan fingerprint density at radius 2 is 1.84 bits per heavy atom. The second kappa shape index (κ2) is 8.23. The molecule has 1 aromatic rings. The molecule has 0 spiro atoms. The molecule has 0 amide bonds. The lowest BCUT2D eigenvalue weighted by atomic mass is 10.0. The van der Waals surface area contributed by atoms with E-state index in [0.717, 1.165) is 16.7 Å². The topological polar surface area (TPSA) is 20.3 Å². The van der Waals surface area contributed by atoms with Crippen LogP contribution in [-0.2, 0) is 0 Å². The zero-order chi connectivity index (χ0) is 14.3. The van der Waals surface area contributed by atoms with Crippen LogP contribution in [0.1, 0.15) is 21.5 Å². The molecular formula is C15H19Cl2NO. The molecular weight excluding hydrogens is 281 g/mol. The third-order valence-electron chi connectivity index (χ3n) is 2.83. The number of halogens is 2. The fourth-order valence-corrected chi connectivity index (χ4v) is 2.27. The Morgan fingerprint density at radius 3 is 2.37 bits per heavy atom. The number of alkyl halides is 2. The molecule has 0 bridgehead atoms. The van der Waals surface area contributed by atoms with Gasteiger partial charge in [0.2, 0.25) is 0 Å². The van der Waals surface area contributed by atoms with Crippen molar-refractivity contribution >= 4 is 29.0 Å². The molecule has 2 nitrogen and oxygen atoms in total. The first kappa shape index (κ1) is 16.1. The largest absolute Gasteiger partial charge is 0.375 e. The summed E-state index contributed by atoms with van der Waals surface area (Å²) < 4.78 is 0. The molecule has 0 atom stereocenters. The molecule has 4 heteroatoms. The van der Waals surface area contributed by atoms with Crippen molar-refractivity contribution in [2.75, 3.05) is 24.8 Å². The number of carbonyl (C=O) groups excluding carboxylic acids is 1. The van der Waals surface area contributed by atoms with Crippen LogP contribution in [0, 0.1) is 13.8 Å². The average Bonchev–Trinajstić information content (AvgIpc) is 2.36. The molecule has 0 fully saturated rings. The summed E-state index contributed by atoms with van der Waals surface area (Å²) in [6, 6.07) is 5.82. The highest BCUT2D eigenvalue weighted by Crippen LogP contribution is 2.12. The van der Waals surface area contributed by atoms with Crippen LogP contribution in [0.15, 0.2) is 30.5 Å². The van der Waals surface area contributed by atoms with Gasteiger partial charge in [-0.2, -0.15) is 0 Å². The second-order valence-corrected chi connectivity index (χ2v) is 5.17. The first-order valence-electron chi connectivity index (χ1n) is 6.24. The summed E-state index contributed by atoms with van der Waals surface area (Å²) in [5.74, 6) is 1.03. The third-order valence-corrected chi connectivity index (χ3v) is 3.17. The van der Waals surface area contributed by atoms with Gasteiger partial charge in [0.05, 0.1) is 0 Å². The molecule has 0 aliphatic heterocycles. The van der Waals surface area contributed by atoms with Crippen LogP contribution in [-0.4, -0.2) is 35.5 Å². The van der Waals surface area contributed by atoms with Crippen LogP contribution in [0.5, 0.6) is 0 Å². The van der Waals surface area contributed by atoms with Crippen molar-refractivity contribution in [1.82, 2.24) is 4.90 Å². The first-order valence-corrected chi connectivity index (χ1v) is 7.31. The molecule has 1 rings (SSSR count). The predicted octanol–water partition coefficient (Wildman–Crippen LogP) is 3.78. The van der Waals surface area contributed by atoms with Crippen molar-refractivity contribution < 1.29 is 4.79 Å². The van der Waals surface area contributed by atoms with Crippen LogP contribution in [0.25, 0.3) is 0 Å². The first-order chi connectivity index (χ1) is 9.08. The van der Waals surface area contributed by atoms with Gasteiger partial charge < -0.3 is 4.90 Å². The minimum atomic E-state index is 0.00615. The van der Waals surface area contributed by atoms with E-state index in [-0.39, 0.29) is 5.78 Å². The van der Waals surface area contributed by atoms with E-state index in [0.29, 0.717) is 24.8 Å². The van der Waals surface area contributed by atoms with Gasteiger partial charge in [0, 0.05) is 42.7 Å². The number of rotatable bonds is 7. The predicted molar refractivity (Wildman–Crippen MR) is 82.4 cm³/mol. The van der Waals surface area contributed by atoms with Gasteiger partial charge >= 0.3 is 0 Å². The lowest BCUT2D eigenvalue weighted by molar-refractivity contribution is 0.104. The highest BCUT2D eigenvalue weighted by atomic mass is 35.5. The third kappa shape index (κ3) is 5.25. The number of allylic oxidation sites excluding steroid dienone is 1. The van der Waals surface area contributed by atoms with E-state index in [1.807, 2.05) is 36.9 Å². The molecule has 0 saturated carbocycles. The number of nitrogens with zero attached hydrogens (tertiary/aromatic N) is 1. The summed E-state index contributed by atoms with van der Waals surface area (Å²) in [6.45, 7) is 5.33. The standard InChI is InChI=1S/C15H19Cl2NO/c1-12-3-4-14(13(2)11-12)15(19)5-8-18(9-6-16)10-7-17/h3-5,8,11H,6-7,9-10H2,1-2H3/b8-5-. The van der Waals surface area contributed by atoms with E-state index in [4.69, 9.17) is 23.2 Å². The molecule has 0 N–H and O–H groups in total. The number of hydrogen-bond acceptors (Lipinski definition) is 2. The number of hydrogen-bond donors (Lipinski definition) is 0. The van der Waals surface area contributed by atoms with Gasteiger partial charge in [-0.15, -0.1) is 23.2 Å². The molecule has 0 unspecified atom stereocenters. The van der Waals surface area contributed by atoms with Crippen molar-refractivity contribution in [2.24, 2.45) is 0 Å². The van der Waals surface area contributed by atoms with Crippen molar-refractivity contribution in [3.05, 3.63) is 47.2 Å². The number of ketones is 1. The summed E-state index contributed by atoms with van der Waals surface area (Å²) in [5.41, 5.74) is 2.89. The molecule has 0 aliphatic carbocycles. The molecule has 1 aromatic carbocycles. The Balaban J connectivity index is 2.77. The maximum atomic E-state index is 12.1. The Morgan fingerprint density at radius 1 is 1.21 bits per heavy atom. The van der Waals surface area contributed by atoms with Crippen LogP contribution in [0.2, 0.25) is 0 Å². The van der Waals surface area contributed by atoms with Crippen molar-refractivity contribution in [3.63, 3.8) is 0 Å². The SMILES string of the molecule is Cc1ccc(C(=O)/C=C\N(CCCl)CCCl)c(C)c1. The summed E-state index contributed by atoms with van der Waals surface area (Å²) in [5, 5.41) is 0. The van der Waals surface area contributed by atoms with Crippen LogP contribution < -0.4 is 0 Å². The molecule has 0 aromatic heterocycles. The summed E-state index contributed by atoms with van der Waals surface area (Å²) in [6.07, 6.45) is 3.35. The van der Waals surface area contributed by atoms with Gasteiger partial charge in [0.15, 0.2) is 5.78 Å². The molecule has 0 radical (unpaired) electrons. The zero-order valence-electron chi connectivity index (χ0n) is 11.3. The molecule has 0 aliphatic rings. The average molecular weight is 300 g/mol. The van der Waals surface area contributed by atoms with E-state index >= 15 is 0 Å². The van der Waals surface area contributed by atoms with Crippen LogP contribution >= 0.6 is 23.2 Å². The normalized spacial score (nSPS) is 10.9. The quantitative estimate of drug-likeness (QED) is 0.434. The van der Waals surface area contributed by atoms with E-state index in [2.05, 4.69) is 0 Å². The summed E-state index contributed by atoms with van der Waals surface area (Å²) >= 11 is 11.4. The van der Waals surface area contributed by atoms with Gasteiger partial charge in [-0.05, 0) is 19.4 Å². The minimum absolute atomic E-state index is 0.00615. The molecule has 19 heavy (non-hydrogen) atoms. The van der Waals surface area contributed by atoms with Gasteiger partial charge in [-0.25, -0.2) is 0 Å². The smallest absolute Gasteiger partial charge is 0.187 e. The maximum Gasteiger partial charge on any atom is 0.187 e. The fraction of sp³-hybridized carbons (Fsp3) is 0.400. The second-order valence-electron chi connectivity index (χ2n) is 4.41. The van der Waals surface area contributed by atoms with E-state index in [1.54, 1.807) is 12.3 Å². The molecule has 0 heterocycles. The molecule has 0 saturated heterocycles. The maximum absolute atomic E-state index is 12.1. The van der Waals surface area contributed by atoms with E-state index < -0.39 is 0 Å². The Bertz CT molecular complexity index is 451. The lowest BCUT2D eigenvalue weighted by Crippen LogP contribution is -2.22. The summed E-state index contributed by atoms with van der Waals surface area (Å²) in [4.78, 5) is 14.1. The van der Waals surface area contributed by atoms with Gasteiger partial charge in [-0.3, -0.25) is 4.79 Å². The molecule has 104 valence electrons. The summed E-state index contributed by atoms with van der Waals surface area (Å²) in [7, 11) is 0. The lowest BCUT2D eigenvalue weighted by Gasteiger charge is -2.17. The Hall–Kier alpha value is -0.990. The van der Waals surface area contributed by atoms with Gasteiger partial charge in [-0.1, -0.05) is 23.8 Å². The fourth-order valence-electron chi connectivity index (χ4n) is 1.83.